The molecule has 0 saturated carbocycles. The largest absolute Gasteiger partial charge is 0.376 e. The molecule has 2 heteroatoms. The highest BCUT2D eigenvalue weighted by Crippen LogP contribution is 2.26. The first-order valence-corrected chi connectivity index (χ1v) is 6.74. The van der Waals surface area contributed by atoms with Crippen molar-refractivity contribution in [3.05, 3.63) is 35.9 Å². The summed E-state index contributed by atoms with van der Waals surface area (Å²) in [6.07, 6.45) is 1.10. The predicted molar refractivity (Wildman–Crippen MR) is 74.4 cm³/mol. The Labute approximate surface area is 110 Å². The average molecular weight is 255 g/mol. The number of hydrogen-bond donors (Lipinski definition) is 0. The molecule has 0 aliphatic heterocycles. The second kappa shape index (κ2) is 7.03. The van der Waals surface area contributed by atoms with Crippen LogP contribution in [-0.4, -0.2) is 12.5 Å². The third-order valence-corrected chi connectivity index (χ3v) is 3.50. The topological polar surface area (TPSA) is 9.23 Å². The van der Waals surface area contributed by atoms with Gasteiger partial charge in [-0.15, -0.1) is 11.6 Å². The summed E-state index contributed by atoms with van der Waals surface area (Å²) >= 11 is 5.93. The number of benzene rings is 1. The second-order valence-corrected chi connectivity index (χ2v) is 5.88. The second-order valence-electron chi connectivity index (χ2n) is 5.61. The fourth-order valence-corrected chi connectivity index (χ4v) is 2.12. The van der Waals surface area contributed by atoms with Gasteiger partial charge in [0.25, 0.3) is 0 Å². The lowest BCUT2D eigenvalue weighted by Gasteiger charge is -2.25. The smallest absolute Gasteiger partial charge is 0.0717 e. The Hall–Kier alpha value is -0.530. The van der Waals surface area contributed by atoms with Crippen LogP contribution in [0.3, 0.4) is 0 Å². The van der Waals surface area contributed by atoms with Crippen LogP contribution in [0.1, 0.15) is 32.8 Å². The molecular formula is C15H23ClO. The molecule has 0 aliphatic rings. The molecule has 96 valence electrons. The molecule has 1 aromatic carbocycles. The van der Waals surface area contributed by atoms with E-state index in [-0.39, 0.29) is 5.41 Å². The number of halogens is 1. The lowest BCUT2D eigenvalue weighted by molar-refractivity contribution is 0.0784. The van der Waals surface area contributed by atoms with Crippen LogP contribution in [0.4, 0.5) is 0 Å². The van der Waals surface area contributed by atoms with Crippen LogP contribution in [0.2, 0.25) is 0 Å². The monoisotopic (exact) mass is 254 g/mol. The summed E-state index contributed by atoms with van der Waals surface area (Å²) in [5.41, 5.74) is 1.44. The van der Waals surface area contributed by atoms with Gasteiger partial charge in [0.05, 0.1) is 6.61 Å². The summed E-state index contributed by atoms with van der Waals surface area (Å²) in [5, 5.41) is 0. The molecule has 0 radical (unpaired) electrons. The molecule has 0 amide bonds. The van der Waals surface area contributed by atoms with Crippen LogP contribution < -0.4 is 0 Å². The van der Waals surface area contributed by atoms with E-state index in [9.17, 15) is 0 Å². The van der Waals surface area contributed by atoms with Crippen molar-refractivity contribution in [1.29, 1.82) is 0 Å². The summed E-state index contributed by atoms with van der Waals surface area (Å²) in [7, 11) is 0. The maximum atomic E-state index is 5.93. The van der Waals surface area contributed by atoms with Crippen molar-refractivity contribution in [3.63, 3.8) is 0 Å². The first-order chi connectivity index (χ1) is 8.03. The van der Waals surface area contributed by atoms with Gasteiger partial charge >= 0.3 is 0 Å². The Morgan fingerprint density at radius 2 is 1.88 bits per heavy atom. The zero-order valence-electron chi connectivity index (χ0n) is 11.1. The molecule has 1 nitrogen and oxygen atoms in total. The summed E-state index contributed by atoms with van der Waals surface area (Å²) < 4.78 is 5.73. The Morgan fingerprint density at radius 3 is 2.47 bits per heavy atom. The van der Waals surface area contributed by atoms with E-state index in [1.807, 2.05) is 18.2 Å². The molecule has 0 spiro atoms. The van der Waals surface area contributed by atoms with Crippen LogP contribution >= 0.6 is 11.6 Å². The molecule has 0 saturated heterocycles. The normalized spacial score (nSPS) is 13.6. The van der Waals surface area contributed by atoms with Gasteiger partial charge in [-0.2, -0.15) is 0 Å². The van der Waals surface area contributed by atoms with Gasteiger partial charge in [-0.25, -0.2) is 0 Å². The SMILES string of the molecule is CC(COCc1ccccc1)CC(C)(C)CCl. The highest BCUT2D eigenvalue weighted by Gasteiger charge is 2.19. The highest BCUT2D eigenvalue weighted by molar-refractivity contribution is 6.18. The summed E-state index contributed by atoms with van der Waals surface area (Å²) in [5.74, 6) is 1.25. The van der Waals surface area contributed by atoms with Gasteiger partial charge in [-0.05, 0) is 23.3 Å². The van der Waals surface area contributed by atoms with Crippen molar-refractivity contribution in [2.75, 3.05) is 12.5 Å². The molecule has 1 unspecified atom stereocenters. The summed E-state index contributed by atoms with van der Waals surface area (Å²) in [6.45, 7) is 8.13. The van der Waals surface area contributed by atoms with E-state index in [0.717, 1.165) is 13.0 Å². The standard InChI is InChI=1S/C15H23ClO/c1-13(9-15(2,3)12-16)10-17-11-14-7-5-4-6-8-14/h4-8,13H,9-12H2,1-3H3. The molecule has 0 bridgehead atoms. The quantitative estimate of drug-likeness (QED) is 0.652. The highest BCUT2D eigenvalue weighted by atomic mass is 35.5. The molecule has 1 rings (SSSR count). The van der Waals surface area contributed by atoms with Crippen molar-refractivity contribution in [1.82, 2.24) is 0 Å². The van der Waals surface area contributed by atoms with E-state index in [1.54, 1.807) is 0 Å². The van der Waals surface area contributed by atoms with Crippen LogP contribution in [0, 0.1) is 11.3 Å². The zero-order valence-corrected chi connectivity index (χ0v) is 11.8. The number of hydrogen-bond acceptors (Lipinski definition) is 1. The Morgan fingerprint density at radius 1 is 1.24 bits per heavy atom. The molecule has 0 N–H and O–H groups in total. The van der Waals surface area contributed by atoms with Gasteiger partial charge in [0, 0.05) is 12.5 Å². The van der Waals surface area contributed by atoms with E-state index in [4.69, 9.17) is 16.3 Å². The van der Waals surface area contributed by atoms with Gasteiger partial charge in [0.2, 0.25) is 0 Å². The first kappa shape index (κ1) is 14.5. The maximum Gasteiger partial charge on any atom is 0.0717 e. The van der Waals surface area contributed by atoms with Crippen LogP contribution in [-0.2, 0) is 11.3 Å². The Kier molecular flexibility index (Phi) is 6.01. The van der Waals surface area contributed by atoms with Gasteiger partial charge < -0.3 is 4.74 Å². The fraction of sp³-hybridized carbons (Fsp3) is 0.600. The molecule has 17 heavy (non-hydrogen) atoms. The fourth-order valence-electron chi connectivity index (χ4n) is 2.01. The Balaban J connectivity index is 2.23. The van der Waals surface area contributed by atoms with E-state index in [0.29, 0.717) is 18.4 Å². The van der Waals surface area contributed by atoms with E-state index < -0.39 is 0 Å². The lowest BCUT2D eigenvalue weighted by atomic mass is 9.85. The minimum atomic E-state index is 0.205. The summed E-state index contributed by atoms with van der Waals surface area (Å²) in [4.78, 5) is 0. The molecule has 0 aromatic heterocycles. The average Bonchev–Trinajstić information content (AvgIpc) is 2.30. The number of alkyl halides is 1. The Bertz CT molecular complexity index is 308. The van der Waals surface area contributed by atoms with Gasteiger partial charge in [-0.1, -0.05) is 51.1 Å². The van der Waals surface area contributed by atoms with Crippen molar-refractivity contribution in [2.24, 2.45) is 11.3 Å². The third-order valence-electron chi connectivity index (χ3n) is 2.78. The molecular weight excluding hydrogens is 232 g/mol. The maximum absolute atomic E-state index is 5.93. The molecule has 1 atom stereocenters. The van der Waals surface area contributed by atoms with Crippen molar-refractivity contribution >= 4 is 11.6 Å². The molecule has 0 aliphatic carbocycles. The molecule has 0 heterocycles. The van der Waals surface area contributed by atoms with Crippen LogP contribution in [0.15, 0.2) is 30.3 Å². The number of ether oxygens (including phenoxy) is 1. The summed E-state index contributed by atoms with van der Waals surface area (Å²) in [6, 6.07) is 10.3. The lowest BCUT2D eigenvalue weighted by Crippen LogP contribution is -2.20. The van der Waals surface area contributed by atoms with E-state index in [1.165, 1.54) is 5.56 Å². The van der Waals surface area contributed by atoms with Crippen molar-refractivity contribution < 1.29 is 4.74 Å². The van der Waals surface area contributed by atoms with E-state index in [2.05, 4.69) is 32.9 Å². The molecule has 1 aromatic rings. The van der Waals surface area contributed by atoms with Gasteiger partial charge in [0.1, 0.15) is 0 Å². The van der Waals surface area contributed by atoms with Crippen LogP contribution in [0.25, 0.3) is 0 Å². The van der Waals surface area contributed by atoms with E-state index >= 15 is 0 Å². The first-order valence-electron chi connectivity index (χ1n) is 6.21. The van der Waals surface area contributed by atoms with Crippen LogP contribution in [0.5, 0.6) is 0 Å². The van der Waals surface area contributed by atoms with Crippen molar-refractivity contribution in [3.8, 4) is 0 Å². The minimum absolute atomic E-state index is 0.205. The minimum Gasteiger partial charge on any atom is -0.376 e. The number of rotatable bonds is 7. The van der Waals surface area contributed by atoms with Crippen molar-refractivity contribution in [2.45, 2.75) is 33.8 Å². The molecule has 0 fully saturated rings. The zero-order chi connectivity index (χ0) is 12.7. The van der Waals surface area contributed by atoms with Gasteiger partial charge in [-0.3, -0.25) is 0 Å². The third kappa shape index (κ3) is 6.09. The van der Waals surface area contributed by atoms with Gasteiger partial charge in [0.15, 0.2) is 0 Å². The predicted octanol–water partition coefficient (Wildman–Crippen LogP) is 4.49.